The molecule has 0 aromatic carbocycles. The maximum absolute atomic E-state index is 9.39. The first-order valence-corrected chi connectivity index (χ1v) is 4.10. The third-order valence-electron chi connectivity index (χ3n) is 1.66. The van der Waals surface area contributed by atoms with Crippen molar-refractivity contribution in [1.29, 1.82) is 0 Å². The molecule has 0 rings (SSSR count). The van der Waals surface area contributed by atoms with Crippen LogP contribution in [-0.2, 0) is 0 Å². The van der Waals surface area contributed by atoms with Crippen LogP contribution in [0, 0.1) is 0 Å². The number of aliphatic hydroxyl groups is 1. The van der Waals surface area contributed by atoms with E-state index in [1.807, 2.05) is 34.9 Å². The molecule has 3 heteroatoms. The van der Waals surface area contributed by atoms with Crippen LogP contribution in [0.15, 0.2) is 16.4 Å². The summed E-state index contributed by atoms with van der Waals surface area (Å²) in [6, 6.07) is 0. The van der Waals surface area contributed by atoms with Crippen molar-refractivity contribution in [3.8, 4) is 0 Å². The van der Waals surface area contributed by atoms with Crippen molar-refractivity contribution in [2.45, 2.75) is 27.2 Å². The Morgan fingerprint density at radius 1 is 1.33 bits per heavy atom. The molecule has 0 bridgehead atoms. The normalized spacial score (nSPS) is 14.2. The molecule has 1 N–H and O–H groups in total. The Balaban J connectivity index is 4.59. The summed E-state index contributed by atoms with van der Waals surface area (Å²) in [6.45, 7) is 5.68. The Morgan fingerprint density at radius 2 is 1.83 bits per heavy atom. The fourth-order valence-corrected chi connectivity index (χ4v) is 0.849. The number of nitrogens with zero attached hydrogens (tertiary/aromatic N) is 2. The van der Waals surface area contributed by atoms with Gasteiger partial charge in [-0.25, -0.2) is 0 Å². The molecule has 0 aromatic rings. The Morgan fingerprint density at radius 3 is 2.17 bits per heavy atom. The molecule has 3 nitrogen and oxygen atoms in total. The van der Waals surface area contributed by atoms with Gasteiger partial charge in [0.1, 0.15) is 0 Å². The first kappa shape index (κ1) is 11.0. The summed E-state index contributed by atoms with van der Waals surface area (Å²) >= 11 is 0. The Bertz CT molecular complexity index is 205. The van der Waals surface area contributed by atoms with Crippen LogP contribution in [-0.4, -0.2) is 29.9 Å². The van der Waals surface area contributed by atoms with Crippen molar-refractivity contribution in [3.63, 3.8) is 0 Å². The summed E-state index contributed by atoms with van der Waals surface area (Å²) in [4.78, 5) is 0. The third-order valence-corrected chi connectivity index (χ3v) is 1.66. The Kier molecular flexibility index (Phi) is 4.40. The highest BCUT2D eigenvalue weighted by atomic mass is 16.3. The van der Waals surface area contributed by atoms with Gasteiger partial charge in [0.25, 0.3) is 0 Å². The zero-order valence-corrected chi connectivity index (χ0v) is 8.55. The number of aliphatic hydroxyl groups excluding tert-OH is 1. The van der Waals surface area contributed by atoms with Crippen molar-refractivity contribution >= 4 is 5.71 Å². The smallest absolute Gasteiger partial charge is 0.0967 e. The van der Waals surface area contributed by atoms with E-state index in [0.29, 0.717) is 12.2 Å². The second-order valence-electron chi connectivity index (χ2n) is 2.96. The number of hydrogen-bond acceptors (Lipinski definition) is 3. The highest BCUT2D eigenvalue weighted by Crippen LogP contribution is 2.06. The van der Waals surface area contributed by atoms with E-state index in [4.69, 9.17) is 0 Å². The van der Waals surface area contributed by atoms with E-state index in [-0.39, 0.29) is 0 Å². The second kappa shape index (κ2) is 4.80. The molecular weight excluding hydrogens is 152 g/mol. The molecular formula is C9H18N2O. The van der Waals surface area contributed by atoms with E-state index in [9.17, 15) is 5.11 Å². The average Bonchev–Trinajstić information content (AvgIpc) is 2.00. The van der Waals surface area contributed by atoms with Crippen LogP contribution in [0.3, 0.4) is 0 Å². The predicted octanol–water partition coefficient (Wildman–Crippen LogP) is 2.17. The lowest BCUT2D eigenvalue weighted by Gasteiger charge is -2.08. The number of rotatable bonds is 3. The molecule has 0 aliphatic rings. The van der Waals surface area contributed by atoms with Gasteiger partial charge in [-0.05, 0) is 13.8 Å². The van der Waals surface area contributed by atoms with Gasteiger partial charge in [0, 0.05) is 26.1 Å². The summed E-state index contributed by atoms with van der Waals surface area (Å²) in [6.07, 6.45) is 0.659. The molecule has 0 aromatic heterocycles. The summed E-state index contributed by atoms with van der Waals surface area (Å²) in [7, 11) is 3.72. The van der Waals surface area contributed by atoms with Crippen LogP contribution in [0.2, 0.25) is 0 Å². The highest BCUT2D eigenvalue weighted by Gasteiger charge is 2.01. The molecule has 70 valence electrons. The SMILES string of the molecule is CC/C(O)=C(C)\C(C)=N\N(C)C. The molecule has 0 saturated heterocycles. The topological polar surface area (TPSA) is 35.8 Å². The summed E-state index contributed by atoms with van der Waals surface area (Å²) in [5, 5.41) is 15.3. The lowest BCUT2D eigenvalue weighted by atomic mass is 10.1. The van der Waals surface area contributed by atoms with Crippen molar-refractivity contribution in [2.75, 3.05) is 14.1 Å². The molecule has 0 radical (unpaired) electrons. The van der Waals surface area contributed by atoms with Crippen molar-refractivity contribution in [1.82, 2.24) is 5.01 Å². The van der Waals surface area contributed by atoms with E-state index in [2.05, 4.69) is 5.10 Å². The zero-order chi connectivity index (χ0) is 9.72. The van der Waals surface area contributed by atoms with Crippen LogP contribution in [0.4, 0.5) is 0 Å². The Labute approximate surface area is 74.4 Å². The quantitative estimate of drug-likeness (QED) is 0.400. The van der Waals surface area contributed by atoms with Crippen molar-refractivity contribution < 1.29 is 5.11 Å². The number of hydrazone groups is 1. The second-order valence-corrected chi connectivity index (χ2v) is 2.96. The molecule has 0 aliphatic carbocycles. The minimum atomic E-state index is 0.415. The van der Waals surface area contributed by atoms with Crippen LogP contribution in [0.5, 0.6) is 0 Å². The standard InChI is InChI=1S/C9H18N2O/c1-6-9(12)7(2)8(3)10-11(4)5/h12H,6H2,1-5H3/b9-7+,10-8+. The van der Waals surface area contributed by atoms with Gasteiger partial charge < -0.3 is 10.1 Å². The van der Waals surface area contributed by atoms with E-state index in [1.165, 1.54) is 0 Å². The van der Waals surface area contributed by atoms with Crippen molar-refractivity contribution in [2.24, 2.45) is 5.10 Å². The number of hydrogen-bond donors (Lipinski definition) is 1. The number of allylic oxidation sites excluding steroid dienone is 2. The fourth-order valence-electron chi connectivity index (χ4n) is 0.849. The van der Waals surface area contributed by atoms with Crippen LogP contribution < -0.4 is 0 Å². The van der Waals surface area contributed by atoms with Crippen LogP contribution in [0.1, 0.15) is 27.2 Å². The first-order chi connectivity index (χ1) is 5.49. The molecule has 0 spiro atoms. The van der Waals surface area contributed by atoms with Crippen LogP contribution in [0.25, 0.3) is 0 Å². The predicted molar refractivity (Wildman–Crippen MR) is 52.4 cm³/mol. The molecule has 0 aliphatic heterocycles. The maximum atomic E-state index is 9.39. The minimum absolute atomic E-state index is 0.415. The van der Waals surface area contributed by atoms with Gasteiger partial charge in [-0.15, -0.1) is 0 Å². The third kappa shape index (κ3) is 3.42. The molecule has 0 atom stereocenters. The van der Waals surface area contributed by atoms with Gasteiger partial charge in [-0.2, -0.15) is 5.10 Å². The van der Waals surface area contributed by atoms with E-state index < -0.39 is 0 Å². The highest BCUT2D eigenvalue weighted by molar-refractivity contribution is 5.97. The van der Waals surface area contributed by atoms with Gasteiger partial charge in [-0.1, -0.05) is 6.92 Å². The largest absolute Gasteiger partial charge is 0.512 e. The molecule has 0 fully saturated rings. The average molecular weight is 170 g/mol. The van der Waals surface area contributed by atoms with Crippen LogP contribution >= 0.6 is 0 Å². The van der Waals surface area contributed by atoms with Crippen molar-refractivity contribution in [3.05, 3.63) is 11.3 Å². The van der Waals surface area contributed by atoms with Gasteiger partial charge in [0.15, 0.2) is 0 Å². The molecule has 0 amide bonds. The van der Waals surface area contributed by atoms with Gasteiger partial charge >= 0.3 is 0 Å². The lowest BCUT2D eigenvalue weighted by molar-refractivity contribution is 0.389. The zero-order valence-electron chi connectivity index (χ0n) is 8.55. The lowest BCUT2D eigenvalue weighted by Crippen LogP contribution is -2.08. The Hall–Kier alpha value is -0.990. The summed E-state index contributed by atoms with van der Waals surface area (Å²) in [5.74, 6) is 0.415. The van der Waals surface area contributed by atoms with E-state index in [1.54, 1.807) is 5.01 Å². The minimum Gasteiger partial charge on any atom is -0.512 e. The van der Waals surface area contributed by atoms with Gasteiger partial charge in [0.05, 0.1) is 11.5 Å². The maximum Gasteiger partial charge on any atom is 0.0967 e. The molecule has 0 saturated carbocycles. The van der Waals surface area contributed by atoms with Gasteiger partial charge in [-0.3, -0.25) is 0 Å². The van der Waals surface area contributed by atoms with Gasteiger partial charge in [0.2, 0.25) is 0 Å². The summed E-state index contributed by atoms with van der Waals surface area (Å²) in [5.41, 5.74) is 1.73. The fraction of sp³-hybridized carbons (Fsp3) is 0.667. The monoisotopic (exact) mass is 170 g/mol. The van der Waals surface area contributed by atoms with E-state index in [0.717, 1.165) is 11.3 Å². The molecule has 0 heterocycles. The summed E-state index contributed by atoms with van der Waals surface area (Å²) < 4.78 is 0. The first-order valence-electron chi connectivity index (χ1n) is 4.10. The van der Waals surface area contributed by atoms with E-state index >= 15 is 0 Å². The molecule has 0 unspecified atom stereocenters. The molecule has 12 heavy (non-hydrogen) atoms.